The predicted octanol–water partition coefficient (Wildman–Crippen LogP) is 1.28. The number of H-pyrrole nitrogens is 1. The molecule has 1 saturated heterocycles. The third-order valence-corrected chi connectivity index (χ3v) is 3.85. The highest BCUT2D eigenvalue weighted by molar-refractivity contribution is 5.89. The quantitative estimate of drug-likeness (QED) is 0.725. The number of nitrogens with two attached hydrogens (primary N) is 1. The number of urea groups is 1. The molecule has 0 atom stereocenters. The van der Waals surface area contributed by atoms with Crippen LogP contribution >= 0.6 is 0 Å². The number of nitrogens with zero attached hydrogens (tertiary/aromatic N) is 2. The number of carbonyl (C=O) groups excluding carboxylic acids is 1. The fourth-order valence-electron chi connectivity index (χ4n) is 3.49. The van der Waals surface area contributed by atoms with Crippen molar-refractivity contribution in [2.75, 3.05) is 5.32 Å². The largest absolute Gasteiger partial charge is 0.328 e. The number of hydrogen-bond acceptors (Lipinski definition) is 4. The third kappa shape index (κ3) is 3.24. The predicted molar refractivity (Wildman–Crippen MR) is 81.1 cm³/mol. The van der Waals surface area contributed by atoms with Gasteiger partial charge in [0.15, 0.2) is 5.82 Å². The number of amides is 2. The zero-order chi connectivity index (χ0) is 15.8. The van der Waals surface area contributed by atoms with Crippen molar-refractivity contribution in [3.8, 4) is 0 Å². The molecule has 2 rings (SSSR count). The zero-order valence-corrected chi connectivity index (χ0v) is 12.9. The van der Waals surface area contributed by atoms with E-state index in [-0.39, 0.29) is 28.7 Å². The summed E-state index contributed by atoms with van der Waals surface area (Å²) in [4.78, 5) is 25.4. The number of piperidine rings is 1. The Bertz CT molecular complexity index is 555. The summed E-state index contributed by atoms with van der Waals surface area (Å²) in [5.74, 6) is 0.320. The first-order chi connectivity index (χ1) is 9.62. The molecule has 0 spiro atoms. The van der Waals surface area contributed by atoms with Gasteiger partial charge in [0.2, 0.25) is 0 Å². The molecule has 116 valence electrons. The van der Waals surface area contributed by atoms with Gasteiger partial charge in [0.05, 0.1) is 0 Å². The van der Waals surface area contributed by atoms with E-state index < -0.39 is 0 Å². The highest BCUT2D eigenvalue weighted by atomic mass is 16.2. The molecule has 2 amide bonds. The minimum atomic E-state index is -0.354. The molecule has 7 heteroatoms. The zero-order valence-electron chi connectivity index (χ0n) is 12.9. The summed E-state index contributed by atoms with van der Waals surface area (Å²) in [7, 11) is 0. The van der Waals surface area contributed by atoms with Crippen LogP contribution < -0.4 is 16.6 Å². The molecule has 0 unspecified atom stereocenters. The molecule has 1 aliphatic rings. The van der Waals surface area contributed by atoms with Crippen LogP contribution in [-0.4, -0.2) is 38.2 Å². The monoisotopic (exact) mass is 293 g/mol. The lowest BCUT2D eigenvalue weighted by Crippen LogP contribution is -2.66. The summed E-state index contributed by atoms with van der Waals surface area (Å²) in [5, 5.41) is 8.83. The van der Waals surface area contributed by atoms with Crippen LogP contribution in [0, 0.1) is 0 Å². The van der Waals surface area contributed by atoms with Gasteiger partial charge in [0, 0.05) is 23.2 Å². The Morgan fingerprint density at radius 2 is 1.90 bits per heavy atom. The fraction of sp³-hybridized carbons (Fsp3) is 0.643. The van der Waals surface area contributed by atoms with E-state index in [1.54, 1.807) is 0 Å². The van der Waals surface area contributed by atoms with Gasteiger partial charge in [0.25, 0.3) is 5.56 Å². The number of carbonyl (C=O) groups is 1. The smallest absolute Gasteiger partial charge is 0.323 e. The fourth-order valence-corrected chi connectivity index (χ4v) is 3.49. The number of rotatable bonds is 1. The van der Waals surface area contributed by atoms with Gasteiger partial charge in [-0.3, -0.25) is 10.1 Å². The van der Waals surface area contributed by atoms with Crippen LogP contribution in [0.25, 0.3) is 0 Å². The lowest BCUT2D eigenvalue weighted by atomic mass is 9.77. The number of anilines is 1. The Balaban J connectivity index is 2.23. The second-order valence-electron chi connectivity index (χ2n) is 6.87. The molecule has 0 radical (unpaired) electrons. The van der Waals surface area contributed by atoms with Crippen molar-refractivity contribution in [3.05, 3.63) is 22.5 Å². The maximum atomic E-state index is 12.6. The number of aromatic amines is 1. The average Bonchev–Trinajstić information content (AvgIpc) is 2.27. The highest BCUT2D eigenvalue weighted by Gasteiger charge is 2.47. The van der Waals surface area contributed by atoms with E-state index in [0.717, 1.165) is 12.8 Å². The van der Waals surface area contributed by atoms with Crippen molar-refractivity contribution in [3.63, 3.8) is 0 Å². The van der Waals surface area contributed by atoms with Crippen molar-refractivity contribution < 1.29 is 4.79 Å². The van der Waals surface area contributed by atoms with Crippen molar-refractivity contribution in [2.24, 2.45) is 5.73 Å². The van der Waals surface area contributed by atoms with Gasteiger partial charge in [-0.1, -0.05) is 0 Å². The van der Waals surface area contributed by atoms with E-state index in [2.05, 4.69) is 15.5 Å². The van der Waals surface area contributed by atoms with Crippen LogP contribution in [0.2, 0.25) is 0 Å². The number of aromatic nitrogens is 2. The summed E-state index contributed by atoms with van der Waals surface area (Å²) in [6.45, 7) is 8.03. The molecular weight excluding hydrogens is 270 g/mol. The molecule has 1 aliphatic heterocycles. The molecule has 1 fully saturated rings. The SMILES string of the molecule is CC1(C)CC(N)CC(C)(C)N1C(=O)Nc1ccc(=O)[nH]n1. The third-order valence-electron chi connectivity index (χ3n) is 3.85. The van der Waals surface area contributed by atoms with Crippen molar-refractivity contribution in [1.82, 2.24) is 15.1 Å². The molecule has 0 bridgehead atoms. The van der Waals surface area contributed by atoms with E-state index in [9.17, 15) is 9.59 Å². The van der Waals surface area contributed by atoms with Crippen LogP contribution in [-0.2, 0) is 0 Å². The van der Waals surface area contributed by atoms with Crippen LogP contribution in [0.4, 0.5) is 10.6 Å². The van der Waals surface area contributed by atoms with E-state index in [0.29, 0.717) is 5.82 Å². The van der Waals surface area contributed by atoms with Crippen LogP contribution in [0.3, 0.4) is 0 Å². The average molecular weight is 293 g/mol. The maximum absolute atomic E-state index is 12.6. The molecule has 7 nitrogen and oxygen atoms in total. The first-order valence-electron chi connectivity index (χ1n) is 7.04. The molecule has 2 heterocycles. The van der Waals surface area contributed by atoms with Gasteiger partial charge in [-0.2, -0.15) is 5.10 Å². The van der Waals surface area contributed by atoms with Crippen molar-refractivity contribution in [2.45, 2.75) is 57.7 Å². The van der Waals surface area contributed by atoms with Gasteiger partial charge in [0.1, 0.15) is 0 Å². The summed E-state index contributed by atoms with van der Waals surface area (Å²) in [6.07, 6.45) is 1.48. The molecule has 4 N–H and O–H groups in total. The van der Waals surface area contributed by atoms with Gasteiger partial charge >= 0.3 is 6.03 Å². The molecular formula is C14H23N5O2. The van der Waals surface area contributed by atoms with Gasteiger partial charge in [-0.05, 0) is 46.6 Å². The normalized spacial score (nSPS) is 21.1. The Morgan fingerprint density at radius 1 is 1.33 bits per heavy atom. The van der Waals surface area contributed by atoms with E-state index in [1.807, 2.05) is 32.6 Å². The highest BCUT2D eigenvalue weighted by Crippen LogP contribution is 2.38. The second-order valence-corrected chi connectivity index (χ2v) is 6.87. The topological polar surface area (TPSA) is 104 Å². The molecule has 0 aromatic carbocycles. The number of likely N-dealkylation sites (tertiary alicyclic amines) is 1. The lowest BCUT2D eigenvalue weighted by molar-refractivity contribution is 0.00873. The molecule has 0 aliphatic carbocycles. The minimum absolute atomic E-state index is 0.0743. The Labute approximate surface area is 123 Å². The second kappa shape index (κ2) is 5.14. The Morgan fingerprint density at radius 3 is 2.38 bits per heavy atom. The number of nitrogens with one attached hydrogen (secondary N) is 2. The summed E-state index contributed by atoms with van der Waals surface area (Å²) < 4.78 is 0. The maximum Gasteiger partial charge on any atom is 0.323 e. The first-order valence-corrected chi connectivity index (χ1v) is 7.04. The van der Waals surface area contributed by atoms with Crippen molar-refractivity contribution >= 4 is 11.8 Å². The lowest BCUT2D eigenvalue weighted by Gasteiger charge is -2.54. The molecule has 0 saturated carbocycles. The minimum Gasteiger partial charge on any atom is -0.328 e. The van der Waals surface area contributed by atoms with Crippen LogP contribution in [0.15, 0.2) is 16.9 Å². The van der Waals surface area contributed by atoms with Gasteiger partial charge in [-0.15, -0.1) is 0 Å². The van der Waals surface area contributed by atoms with Gasteiger partial charge < -0.3 is 10.6 Å². The molecule has 1 aromatic rings. The molecule has 21 heavy (non-hydrogen) atoms. The standard InChI is InChI=1S/C14H23N5O2/c1-13(2)7-9(15)8-14(3,4)19(13)12(21)16-10-5-6-11(20)18-17-10/h5-6,9H,7-8,15H2,1-4H3,(H,18,20)(H,16,17,21). The Hall–Kier alpha value is -1.89. The van der Waals surface area contributed by atoms with E-state index >= 15 is 0 Å². The summed E-state index contributed by atoms with van der Waals surface area (Å²) in [5.41, 5.74) is 5.09. The van der Waals surface area contributed by atoms with Crippen LogP contribution in [0.1, 0.15) is 40.5 Å². The van der Waals surface area contributed by atoms with E-state index in [4.69, 9.17) is 5.73 Å². The summed E-state index contributed by atoms with van der Waals surface area (Å²) in [6, 6.07) is 2.64. The molecule has 1 aromatic heterocycles. The summed E-state index contributed by atoms with van der Waals surface area (Å²) >= 11 is 0. The van der Waals surface area contributed by atoms with Crippen LogP contribution in [0.5, 0.6) is 0 Å². The number of hydrogen-bond donors (Lipinski definition) is 3. The van der Waals surface area contributed by atoms with E-state index in [1.165, 1.54) is 12.1 Å². The van der Waals surface area contributed by atoms with Crippen molar-refractivity contribution in [1.29, 1.82) is 0 Å². The van der Waals surface area contributed by atoms with Gasteiger partial charge in [-0.25, -0.2) is 9.89 Å². The Kier molecular flexibility index (Phi) is 3.79. The first kappa shape index (κ1) is 15.5.